The highest BCUT2D eigenvalue weighted by Crippen LogP contribution is 2.34. The zero-order valence-corrected chi connectivity index (χ0v) is 7.40. The lowest BCUT2D eigenvalue weighted by Gasteiger charge is -2.12. The first-order valence-electron chi connectivity index (χ1n) is 4.45. The average molecular weight is 179 g/mol. The van der Waals surface area contributed by atoms with Gasteiger partial charge in [0.2, 0.25) is 0 Å². The van der Waals surface area contributed by atoms with Crippen molar-refractivity contribution in [2.24, 2.45) is 0 Å². The topological polar surface area (TPSA) is 58.0 Å². The largest absolute Gasteiger partial charge is 0.394 e. The van der Waals surface area contributed by atoms with Crippen molar-refractivity contribution in [3.8, 4) is 0 Å². The van der Waals surface area contributed by atoms with E-state index in [9.17, 15) is 0 Å². The minimum absolute atomic E-state index is 0.0163. The monoisotopic (exact) mass is 179 g/mol. The molecular formula is C9H13N3O. The van der Waals surface area contributed by atoms with Crippen LogP contribution >= 0.6 is 0 Å². The number of nitrogens with zero attached hydrogens (tertiary/aromatic N) is 2. The number of hydrogen-bond acceptors (Lipinski definition) is 4. The fraction of sp³-hybridized carbons (Fsp3) is 0.556. The molecule has 70 valence electrons. The number of rotatable bonds is 4. The molecule has 0 aliphatic heterocycles. The second kappa shape index (κ2) is 3.40. The van der Waals surface area contributed by atoms with Crippen molar-refractivity contribution in [1.82, 2.24) is 15.3 Å². The van der Waals surface area contributed by atoms with Gasteiger partial charge in [0.15, 0.2) is 0 Å². The van der Waals surface area contributed by atoms with E-state index in [1.807, 2.05) is 0 Å². The molecule has 1 aromatic heterocycles. The third kappa shape index (κ3) is 2.02. The lowest BCUT2D eigenvalue weighted by atomic mass is 10.3. The molecule has 0 atom stereocenters. The van der Waals surface area contributed by atoms with E-state index in [4.69, 9.17) is 5.11 Å². The van der Waals surface area contributed by atoms with E-state index in [1.54, 1.807) is 18.6 Å². The minimum atomic E-state index is -0.0163. The Labute approximate surface area is 77.0 Å². The summed E-state index contributed by atoms with van der Waals surface area (Å²) in [6, 6.07) is 0. The standard InChI is InChI=1S/C9H13N3O/c13-7-9(1-2-9)12-6-8-5-10-3-4-11-8/h3-5,12-13H,1-2,6-7H2. The third-order valence-electron chi connectivity index (χ3n) is 2.42. The van der Waals surface area contributed by atoms with Gasteiger partial charge in [-0.1, -0.05) is 0 Å². The van der Waals surface area contributed by atoms with Gasteiger partial charge in [0.1, 0.15) is 0 Å². The van der Waals surface area contributed by atoms with Gasteiger partial charge in [-0.15, -0.1) is 0 Å². The van der Waals surface area contributed by atoms with Crippen LogP contribution in [0.3, 0.4) is 0 Å². The Bertz CT molecular complexity index is 271. The summed E-state index contributed by atoms with van der Waals surface area (Å²) >= 11 is 0. The van der Waals surface area contributed by atoms with Crippen molar-refractivity contribution in [3.05, 3.63) is 24.3 Å². The minimum Gasteiger partial charge on any atom is -0.394 e. The Morgan fingerprint density at radius 1 is 1.46 bits per heavy atom. The van der Waals surface area contributed by atoms with Crippen LogP contribution in [-0.4, -0.2) is 27.2 Å². The van der Waals surface area contributed by atoms with E-state index in [-0.39, 0.29) is 12.1 Å². The molecule has 1 heterocycles. The summed E-state index contributed by atoms with van der Waals surface area (Å²) in [4.78, 5) is 8.10. The van der Waals surface area contributed by atoms with Crippen LogP contribution in [0.2, 0.25) is 0 Å². The summed E-state index contributed by atoms with van der Waals surface area (Å²) in [5.41, 5.74) is 0.902. The normalized spacial score (nSPS) is 18.5. The maximum absolute atomic E-state index is 9.04. The second-order valence-corrected chi connectivity index (χ2v) is 3.49. The molecule has 0 saturated heterocycles. The fourth-order valence-electron chi connectivity index (χ4n) is 1.24. The first-order valence-corrected chi connectivity index (χ1v) is 4.45. The third-order valence-corrected chi connectivity index (χ3v) is 2.42. The van der Waals surface area contributed by atoms with E-state index in [1.165, 1.54) is 0 Å². The van der Waals surface area contributed by atoms with Crippen LogP contribution in [0, 0.1) is 0 Å². The zero-order valence-electron chi connectivity index (χ0n) is 7.40. The van der Waals surface area contributed by atoms with E-state index in [0.29, 0.717) is 6.54 Å². The van der Waals surface area contributed by atoms with Crippen LogP contribution in [0.15, 0.2) is 18.6 Å². The average Bonchev–Trinajstić information content (AvgIpc) is 2.97. The Morgan fingerprint density at radius 2 is 2.31 bits per heavy atom. The maximum Gasteiger partial charge on any atom is 0.0724 e. The van der Waals surface area contributed by atoms with Crippen molar-refractivity contribution < 1.29 is 5.11 Å². The number of aliphatic hydroxyl groups excluding tert-OH is 1. The van der Waals surface area contributed by atoms with Crippen molar-refractivity contribution in [2.75, 3.05) is 6.61 Å². The smallest absolute Gasteiger partial charge is 0.0724 e. The van der Waals surface area contributed by atoms with Crippen molar-refractivity contribution in [1.29, 1.82) is 0 Å². The van der Waals surface area contributed by atoms with E-state index < -0.39 is 0 Å². The molecule has 13 heavy (non-hydrogen) atoms. The number of hydrogen-bond donors (Lipinski definition) is 2. The number of aliphatic hydroxyl groups is 1. The molecule has 1 aliphatic carbocycles. The number of aromatic nitrogens is 2. The molecule has 0 amide bonds. The lowest BCUT2D eigenvalue weighted by molar-refractivity contribution is 0.229. The van der Waals surface area contributed by atoms with Gasteiger partial charge < -0.3 is 10.4 Å². The van der Waals surface area contributed by atoms with Crippen molar-refractivity contribution in [3.63, 3.8) is 0 Å². The van der Waals surface area contributed by atoms with E-state index in [2.05, 4.69) is 15.3 Å². The van der Waals surface area contributed by atoms with Crippen LogP contribution in [0.25, 0.3) is 0 Å². The van der Waals surface area contributed by atoms with Crippen molar-refractivity contribution >= 4 is 0 Å². The van der Waals surface area contributed by atoms with Crippen LogP contribution in [0.4, 0.5) is 0 Å². The molecule has 1 aromatic rings. The van der Waals surface area contributed by atoms with Crippen LogP contribution in [0.5, 0.6) is 0 Å². The SMILES string of the molecule is OCC1(NCc2cnccn2)CC1. The molecule has 0 spiro atoms. The summed E-state index contributed by atoms with van der Waals surface area (Å²) < 4.78 is 0. The molecule has 2 N–H and O–H groups in total. The molecule has 0 bridgehead atoms. The van der Waals surface area contributed by atoms with Gasteiger partial charge in [0.05, 0.1) is 12.3 Å². The molecule has 1 fully saturated rings. The maximum atomic E-state index is 9.04. The van der Waals surface area contributed by atoms with Crippen LogP contribution < -0.4 is 5.32 Å². The molecule has 1 saturated carbocycles. The predicted octanol–water partition coefficient (Wildman–Crippen LogP) is 0.0911. The Hall–Kier alpha value is -1.00. The quantitative estimate of drug-likeness (QED) is 0.687. The molecule has 4 nitrogen and oxygen atoms in total. The highest BCUT2D eigenvalue weighted by Gasteiger charge is 2.41. The van der Waals surface area contributed by atoms with Gasteiger partial charge in [0, 0.05) is 30.7 Å². The number of nitrogens with one attached hydrogen (secondary N) is 1. The van der Waals surface area contributed by atoms with E-state index >= 15 is 0 Å². The molecule has 0 radical (unpaired) electrons. The van der Waals surface area contributed by atoms with Crippen LogP contribution in [-0.2, 0) is 6.54 Å². The molecule has 2 rings (SSSR count). The highest BCUT2D eigenvalue weighted by molar-refractivity contribution is 5.04. The Kier molecular flexibility index (Phi) is 2.24. The summed E-state index contributed by atoms with van der Waals surface area (Å²) in [5, 5.41) is 12.3. The fourth-order valence-corrected chi connectivity index (χ4v) is 1.24. The van der Waals surface area contributed by atoms with Crippen LogP contribution in [0.1, 0.15) is 18.5 Å². The zero-order chi connectivity index (χ0) is 9.15. The summed E-state index contributed by atoms with van der Waals surface area (Å²) in [6.07, 6.45) is 7.19. The van der Waals surface area contributed by atoms with Gasteiger partial charge in [-0.2, -0.15) is 0 Å². The van der Waals surface area contributed by atoms with Crippen molar-refractivity contribution in [2.45, 2.75) is 24.9 Å². The lowest BCUT2D eigenvalue weighted by Crippen LogP contribution is -2.34. The first kappa shape index (κ1) is 8.59. The summed E-state index contributed by atoms with van der Waals surface area (Å²) in [7, 11) is 0. The van der Waals surface area contributed by atoms with Gasteiger partial charge in [-0.25, -0.2) is 0 Å². The molecule has 4 heteroatoms. The Morgan fingerprint density at radius 3 is 2.85 bits per heavy atom. The summed E-state index contributed by atoms with van der Waals surface area (Å²) in [5.74, 6) is 0. The second-order valence-electron chi connectivity index (χ2n) is 3.49. The van der Waals surface area contributed by atoms with Gasteiger partial charge in [-0.3, -0.25) is 9.97 Å². The molecule has 0 unspecified atom stereocenters. The molecule has 1 aliphatic rings. The van der Waals surface area contributed by atoms with Gasteiger partial charge in [0.25, 0.3) is 0 Å². The molecular weight excluding hydrogens is 166 g/mol. The first-order chi connectivity index (χ1) is 6.35. The van der Waals surface area contributed by atoms with Gasteiger partial charge >= 0.3 is 0 Å². The van der Waals surface area contributed by atoms with E-state index in [0.717, 1.165) is 18.5 Å². The summed E-state index contributed by atoms with van der Waals surface area (Å²) in [6.45, 7) is 0.904. The highest BCUT2D eigenvalue weighted by atomic mass is 16.3. The predicted molar refractivity (Wildman–Crippen MR) is 47.9 cm³/mol. The Balaban J connectivity index is 1.86. The molecule has 0 aromatic carbocycles. The van der Waals surface area contributed by atoms with Gasteiger partial charge in [-0.05, 0) is 12.8 Å².